The molecule has 0 atom stereocenters. The van der Waals surface area contributed by atoms with Gasteiger partial charge in [-0.1, -0.05) is 17.7 Å². The van der Waals surface area contributed by atoms with Crippen LogP contribution in [0.4, 0.5) is 5.95 Å². The van der Waals surface area contributed by atoms with Crippen molar-refractivity contribution >= 4 is 17.5 Å². The molecule has 0 amide bonds. The molecule has 0 unspecified atom stereocenters. The number of rotatable bonds is 4. The standard InChI is InChI=1S/C11H11ClN4O/c12-9-7-15-11(13)16-10(9)17-6-4-8-3-1-2-5-14-8/h1-3,5,7H,4,6H2,(H2,13,15,16). The predicted octanol–water partition coefficient (Wildman–Crippen LogP) is 1.73. The van der Waals surface area contributed by atoms with Crippen LogP contribution in [0.25, 0.3) is 0 Å². The summed E-state index contributed by atoms with van der Waals surface area (Å²) in [6.45, 7) is 0.438. The van der Waals surface area contributed by atoms with E-state index in [0.717, 1.165) is 5.69 Å². The monoisotopic (exact) mass is 250 g/mol. The summed E-state index contributed by atoms with van der Waals surface area (Å²) in [6, 6.07) is 5.73. The van der Waals surface area contributed by atoms with Crippen LogP contribution in [0.2, 0.25) is 5.02 Å². The van der Waals surface area contributed by atoms with Crippen LogP contribution in [-0.4, -0.2) is 21.6 Å². The number of hydrogen-bond donors (Lipinski definition) is 1. The molecule has 0 aliphatic heterocycles. The van der Waals surface area contributed by atoms with E-state index in [-0.39, 0.29) is 5.95 Å². The molecule has 0 aliphatic carbocycles. The predicted molar refractivity (Wildman–Crippen MR) is 64.9 cm³/mol. The number of nitrogens with zero attached hydrogens (tertiary/aromatic N) is 3. The highest BCUT2D eigenvalue weighted by atomic mass is 35.5. The van der Waals surface area contributed by atoms with Gasteiger partial charge in [-0.2, -0.15) is 4.98 Å². The van der Waals surface area contributed by atoms with Gasteiger partial charge in [0.1, 0.15) is 5.02 Å². The second-order valence-corrected chi connectivity index (χ2v) is 3.71. The number of halogens is 1. The molecule has 2 N–H and O–H groups in total. The van der Waals surface area contributed by atoms with Gasteiger partial charge < -0.3 is 10.5 Å². The van der Waals surface area contributed by atoms with Crippen LogP contribution < -0.4 is 10.5 Å². The van der Waals surface area contributed by atoms with E-state index in [1.807, 2.05) is 18.2 Å². The Hall–Kier alpha value is -1.88. The number of aromatic nitrogens is 3. The number of nitrogens with two attached hydrogens (primary N) is 1. The third-order valence-corrected chi connectivity index (χ3v) is 2.31. The Bertz CT molecular complexity index is 492. The topological polar surface area (TPSA) is 73.9 Å². The molecule has 0 radical (unpaired) electrons. The summed E-state index contributed by atoms with van der Waals surface area (Å²) < 4.78 is 5.42. The van der Waals surface area contributed by atoms with Crippen LogP contribution in [0.1, 0.15) is 5.69 Å². The minimum atomic E-state index is 0.141. The van der Waals surface area contributed by atoms with Gasteiger partial charge in [-0.05, 0) is 12.1 Å². The molecular formula is C11H11ClN4O. The van der Waals surface area contributed by atoms with Gasteiger partial charge >= 0.3 is 0 Å². The van der Waals surface area contributed by atoms with E-state index >= 15 is 0 Å². The molecule has 0 spiro atoms. The SMILES string of the molecule is Nc1ncc(Cl)c(OCCc2ccccn2)n1. The van der Waals surface area contributed by atoms with Crippen LogP contribution in [0.15, 0.2) is 30.6 Å². The first kappa shape index (κ1) is 11.6. The van der Waals surface area contributed by atoms with Crippen molar-refractivity contribution in [2.45, 2.75) is 6.42 Å². The van der Waals surface area contributed by atoms with Crippen LogP contribution in [0, 0.1) is 0 Å². The molecule has 2 aromatic heterocycles. The van der Waals surface area contributed by atoms with Gasteiger partial charge in [0.2, 0.25) is 11.8 Å². The van der Waals surface area contributed by atoms with Gasteiger partial charge in [0.15, 0.2) is 0 Å². The van der Waals surface area contributed by atoms with Crippen molar-refractivity contribution in [3.63, 3.8) is 0 Å². The molecule has 0 aliphatic rings. The summed E-state index contributed by atoms with van der Waals surface area (Å²) in [5.74, 6) is 0.442. The van der Waals surface area contributed by atoms with Gasteiger partial charge in [0.05, 0.1) is 12.8 Å². The maximum Gasteiger partial charge on any atom is 0.237 e. The van der Waals surface area contributed by atoms with Gasteiger partial charge in [-0.3, -0.25) is 4.98 Å². The van der Waals surface area contributed by atoms with Crippen LogP contribution in [0.3, 0.4) is 0 Å². The van der Waals surface area contributed by atoms with E-state index in [1.165, 1.54) is 6.20 Å². The minimum Gasteiger partial charge on any atom is -0.476 e. The normalized spacial score (nSPS) is 10.2. The molecule has 6 heteroatoms. The zero-order valence-corrected chi connectivity index (χ0v) is 9.76. The van der Waals surface area contributed by atoms with Crippen molar-refractivity contribution in [3.05, 3.63) is 41.3 Å². The highest BCUT2D eigenvalue weighted by Gasteiger charge is 2.05. The lowest BCUT2D eigenvalue weighted by Gasteiger charge is -2.06. The third kappa shape index (κ3) is 3.29. The van der Waals surface area contributed by atoms with Crippen molar-refractivity contribution in [3.8, 4) is 5.88 Å². The molecule has 0 aromatic carbocycles. The second kappa shape index (κ2) is 5.45. The maximum absolute atomic E-state index is 5.86. The van der Waals surface area contributed by atoms with E-state index < -0.39 is 0 Å². The number of pyridine rings is 1. The van der Waals surface area contributed by atoms with Crippen molar-refractivity contribution in [2.24, 2.45) is 0 Å². The number of hydrogen-bond acceptors (Lipinski definition) is 5. The number of ether oxygens (including phenoxy) is 1. The van der Waals surface area contributed by atoms with E-state index in [0.29, 0.717) is 23.9 Å². The Balaban J connectivity index is 1.92. The van der Waals surface area contributed by atoms with Crippen LogP contribution in [-0.2, 0) is 6.42 Å². The molecule has 0 fully saturated rings. The van der Waals surface area contributed by atoms with Crippen molar-refractivity contribution < 1.29 is 4.74 Å². The number of anilines is 1. The van der Waals surface area contributed by atoms with E-state index in [1.54, 1.807) is 6.20 Å². The summed E-state index contributed by atoms with van der Waals surface area (Å²) in [7, 11) is 0. The van der Waals surface area contributed by atoms with Crippen molar-refractivity contribution in [1.82, 2.24) is 15.0 Å². The first-order valence-electron chi connectivity index (χ1n) is 5.06. The molecule has 0 saturated carbocycles. The van der Waals surface area contributed by atoms with Gasteiger partial charge in [-0.15, -0.1) is 0 Å². The zero-order valence-electron chi connectivity index (χ0n) is 9.01. The lowest BCUT2D eigenvalue weighted by Crippen LogP contribution is -2.06. The lowest BCUT2D eigenvalue weighted by molar-refractivity contribution is 0.308. The maximum atomic E-state index is 5.86. The van der Waals surface area contributed by atoms with Gasteiger partial charge in [0, 0.05) is 18.3 Å². The summed E-state index contributed by atoms with van der Waals surface area (Å²) in [5.41, 5.74) is 6.39. The summed E-state index contributed by atoms with van der Waals surface area (Å²) in [5, 5.41) is 0.347. The Morgan fingerprint density at radius 2 is 2.18 bits per heavy atom. The van der Waals surface area contributed by atoms with Crippen LogP contribution >= 0.6 is 11.6 Å². The Morgan fingerprint density at radius 1 is 1.29 bits per heavy atom. The second-order valence-electron chi connectivity index (χ2n) is 3.30. The molecule has 2 rings (SSSR count). The Morgan fingerprint density at radius 3 is 2.94 bits per heavy atom. The molecular weight excluding hydrogens is 240 g/mol. The van der Waals surface area contributed by atoms with Crippen molar-refractivity contribution in [1.29, 1.82) is 0 Å². The lowest BCUT2D eigenvalue weighted by atomic mass is 10.3. The first-order chi connectivity index (χ1) is 8.25. The molecule has 0 saturated heterocycles. The van der Waals surface area contributed by atoms with E-state index in [2.05, 4.69) is 15.0 Å². The van der Waals surface area contributed by atoms with Crippen molar-refractivity contribution in [2.75, 3.05) is 12.3 Å². The summed E-state index contributed by atoms with van der Waals surface area (Å²) in [4.78, 5) is 11.8. The summed E-state index contributed by atoms with van der Waals surface area (Å²) in [6.07, 6.45) is 3.84. The number of nitrogen functional groups attached to an aromatic ring is 1. The fraction of sp³-hybridized carbons (Fsp3) is 0.182. The Kier molecular flexibility index (Phi) is 3.72. The average molecular weight is 251 g/mol. The molecule has 2 heterocycles. The minimum absolute atomic E-state index is 0.141. The fourth-order valence-corrected chi connectivity index (χ4v) is 1.41. The third-order valence-electron chi connectivity index (χ3n) is 2.05. The largest absolute Gasteiger partial charge is 0.476 e. The van der Waals surface area contributed by atoms with Crippen LogP contribution in [0.5, 0.6) is 5.88 Å². The highest BCUT2D eigenvalue weighted by molar-refractivity contribution is 6.31. The molecule has 17 heavy (non-hydrogen) atoms. The Labute approximate surface area is 104 Å². The molecule has 5 nitrogen and oxygen atoms in total. The van der Waals surface area contributed by atoms with Gasteiger partial charge in [-0.25, -0.2) is 4.98 Å². The van der Waals surface area contributed by atoms with Gasteiger partial charge in [0.25, 0.3) is 0 Å². The molecule has 0 bridgehead atoms. The quantitative estimate of drug-likeness (QED) is 0.895. The first-order valence-corrected chi connectivity index (χ1v) is 5.44. The fourth-order valence-electron chi connectivity index (χ4n) is 1.26. The summed E-state index contributed by atoms with van der Waals surface area (Å²) >= 11 is 5.86. The average Bonchev–Trinajstić information content (AvgIpc) is 2.35. The molecule has 88 valence electrons. The smallest absolute Gasteiger partial charge is 0.237 e. The molecule has 2 aromatic rings. The van der Waals surface area contributed by atoms with E-state index in [9.17, 15) is 0 Å². The van der Waals surface area contributed by atoms with E-state index in [4.69, 9.17) is 22.1 Å². The highest BCUT2D eigenvalue weighted by Crippen LogP contribution is 2.20. The zero-order chi connectivity index (χ0) is 12.1.